The minimum Gasteiger partial charge on any atom is -0.493 e. The van der Waals surface area contributed by atoms with Crippen molar-refractivity contribution in [2.24, 2.45) is 5.41 Å². The molecule has 1 fully saturated rings. The summed E-state index contributed by atoms with van der Waals surface area (Å²) in [5.74, 6) is 2.03. The van der Waals surface area contributed by atoms with Crippen LogP contribution in [0.3, 0.4) is 0 Å². The smallest absolute Gasteiger partial charge is 0.303 e. The van der Waals surface area contributed by atoms with Gasteiger partial charge in [-0.05, 0) is 48.3 Å². The van der Waals surface area contributed by atoms with Crippen LogP contribution in [0.15, 0.2) is 28.7 Å². The van der Waals surface area contributed by atoms with E-state index in [2.05, 4.69) is 15.9 Å². The van der Waals surface area contributed by atoms with Gasteiger partial charge < -0.3 is 9.84 Å². The van der Waals surface area contributed by atoms with Gasteiger partial charge in [0.25, 0.3) is 0 Å². The van der Waals surface area contributed by atoms with Crippen LogP contribution in [0.25, 0.3) is 0 Å². The number of thioether (sulfide) groups is 1. The van der Waals surface area contributed by atoms with Crippen LogP contribution in [0.1, 0.15) is 19.3 Å². The number of ether oxygens (including phenoxy) is 1. The van der Waals surface area contributed by atoms with Crippen molar-refractivity contribution in [2.45, 2.75) is 19.3 Å². The second-order valence-corrected chi connectivity index (χ2v) is 6.95. The van der Waals surface area contributed by atoms with E-state index in [1.807, 2.05) is 24.3 Å². The molecule has 5 heteroatoms. The quantitative estimate of drug-likeness (QED) is 0.728. The molecule has 2 rings (SSSR count). The summed E-state index contributed by atoms with van der Waals surface area (Å²) in [7, 11) is 0. The van der Waals surface area contributed by atoms with E-state index < -0.39 is 5.97 Å². The first-order chi connectivity index (χ1) is 9.10. The largest absolute Gasteiger partial charge is 0.493 e. The normalized spacial score (nSPS) is 16.1. The Morgan fingerprint density at radius 3 is 2.63 bits per heavy atom. The van der Waals surface area contributed by atoms with Crippen LogP contribution in [0.5, 0.6) is 5.75 Å². The second-order valence-electron chi connectivity index (χ2n) is 4.93. The number of rotatable bonds is 8. The van der Waals surface area contributed by atoms with Crippen LogP contribution >= 0.6 is 27.7 Å². The maximum absolute atomic E-state index is 10.7. The van der Waals surface area contributed by atoms with Crippen molar-refractivity contribution in [3.63, 3.8) is 0 Å². The molecule has 0 atom stereocenters. The first kappa shape index (κ1) is 14.7. The van der Waals surface area contributed by atoms with E-state index in [9.17, 15) is 4.79 Å². The van der Waals surface area contributed by atoms with E-state index >= 15 is 0 Å². The van der Waals surface area contributed by atoms with Gasteiger partial charge >= 0.3 is 5.97 Å². The predicted molar refractivity (Wildman–Crippen MR) is 80.9 cm³/mol. The fourth-order valence-electron chi connectivity index (χ4n) is 1.91. The summed E-state index contributed by atoms with van der Waals surface area (Å²) < 4.78 is 6.66. The van der Waals surface area contributed by atoms with Gasteiger partial charge in [-0.2, -0.15) is 11.8 Å². The summed E-state index contributed by atoms with van der Waals surface area (Å²) >= 11 is 5.17. The molecule has 0 radical (unpaired) electrons. The zero-order valence-corrected chi connectivity index (χ0v) is 13.0. The third-order valence-electron chi connectivity index (χ3n) is 3.20. The van der Waals surface area contributed by atoms with Gasteiger partial charge in [0, 0.05) is 10.2 Å². The topological polar surface area (TPSA) is 46.5 Å². The van der Waals surface area contributed by atoms with Crippen molar-refractivity contribution < 1.29 is 14.6 Å². The maximum atomic E-state index is 10.7. The Bertz CT molecular complexity index is 429. The first-order valence-electron chi connectivity index (χ1n) is 6.28. The maximum Gasteiger partial charge on any atom is 0.303 e. The lowest BCUT2D eigenvalue weighted by atomic mass is 10.1. The molecule has 19 heavy (non-hydrogen) atoms. The highest BCUT2D eigenvalue weighted by molar-refractivity contribution is 9.10. The molecule has 1 aromatic rings. The average molecular weight is 345 g/mol. The van der Waals surface area contributed by atoms with Crippen molar-refractivity contribution in [1.82, 2.24) is 0 Å². The summed E-state index contributed by atoms with van der Waals surface area (Å²) in [6.07, 6.45) is 2.42. The van der Waals surface area contributed by atoms with Gasteiger partial charge in [-0.1, -0.05) is 15.9 Å². The molecule has 0 unspecified atom stereocenters. The van der Waals surface area contributed by atoms with E-state index in [0.717, 1.165) is 34.6 Å². The number of carbonyl (C=O) groups is 1. The molecule has 1 aliphatic carbocycles. The molecule has 0 aliphatic heterocycles. The number of halogens is 1. The van der Waals surface area contributed by atoms with Crippen LogP contribution in [-0.2, 0) is 4.79 Å². The number of aliphatic carboxylic acids is 1. The molecule has 1 saturated carbocycles. The highest BCUT2D eigenvalue weighted by Crippen LogP contribution is 2.50. The van der Waals surface area contributed by atoms with E-state index in [1.54, 1.807) is 11.8 Å². The molecule has 3 nitrogen and oxygen atoms in total. The summed E-state index contributed by atoms with van der Waals surface area (Å²) in [6.45, 7) is 0.662. The monoisotopic (exact) mass is 344 g/mol. The number of benzene rings is 1. The zero-order chi connectivity index (χ0) is 13.7. The van der Waals surface area contributed by atoms with Crippen molar-refractivity contribution >= 4 is 33.7 Å². The molecule has 0 aromatic heterocycles. The number of carboxylic acid groups (broad SMARTS) is 1. The molecule has 0 bridgehead atoms. The number of hydrogen-bond donors (Lipinski definition) is 1. The van der Waals surface area contributed by atoms with Crippen LogP contribution in [0.4, 0.5) is 0 Å². The molecule has 1 aliphatic rings. The Morgan fingerprint density at radius 1 is 1.37 bits per heavy atom. The van der Waals surface area contributed by atoms with Crippen LogP contribution in [-0.4, -0.2) is 29.2 Å². The Morgan fingerprint density at radius 2 is 2.05 bits per heavy atom. The van der Waals surface area contributed by atoms with Gasteiger partial charge in [0.05, 0.1) is 13.0 Å². The molecule has 0 spiro atoms. The lowest BCUT2D eigenvalue weighted by molar-refractivity contribution is -0.138. The molecule has 0 heterocycles. The zero-order valence-electron chi connectivity index (χ0n) is 10.6. The van der Waals surface area contributed by atoms with Gasteiger partial charge in [0.2, 0.25) is 0 Å². The van der Waals surface area contributed by atoms with E-state index in [1.165, 1.54) is 0 Å². The number of hydrogen-bond acceptors (Lipinski definition) is 3. The van der Waals surface area contributed by atoms with Crippen molar-refractivity contribution in [3.05, 3.63) is 28.7 Å². The Hall–Kier alpha value is -0.680. The molecule has 104 valence electrons. The molecular formula is C14H17BrO3S. The molecular weight excluding hydrogens is 328 g/mol. The SMILES string of the molecule is O=C(O)CC1(CSCCOc2ccc(Br)cc2)CC1. The molecule has 0 amide bonds. The highest BCUT2D eigenvalue weighted by atomic mass is 79.9. The van der Waals surface area contributed by atoms with Gasteiger partial charge in [-0.3, -0.25) is 4.79 Å². The number of carboxylic acids is 1. The minimum absolute atomic E-state index is 0.0775. The Balaban J connectivity index is 1.60. The Kier molecular flexibility index (Phi) is 5.16. The summed E-state index contributed by atoms with van der Waals surface area (Å²) in [6, 6.07) is 7.77. The van der Waals surface area contributed by atoms with E-state index in [0.29, 0.717) is 13.0 Å². The standard InChI is InChI=1S/C14H17BrO3S/c15-11-1-3-12(4-2-11)18-7-8-19-10-14(5-6-14)9-13(16)17/h1-4H,5-10H2,(H,16,17). The third kappa shape index (κ3) is 5.07. The van der Waals surface area contributed by atoms with Gasteiger partial charge in [0.15, 0.2) is 0 Å². The van der Waals surface area contributed by atoms with Gasteiger partial charge in [0.1, 0.15) is 5.75 Å². The van der Waals surface area contributed by atoms with Crippen molar-refractivity contribution in [1.29, 1.82) is 0 Å². The minimum atomic E-state index is -0.677. The van der Waals surface area contributed by atoms with Crippen LogP contribution < -0.4 is 4.74 Å². The van der Waals surface area contributed by atoms with E-state index in [-0.39, 0.29) is 5.41 Å². The van der Waals surface area contributed by atoms with Crippen molar-refractivity contribution in [2.75, 3.05) is 18.1 Å². The summed E-state index contributed by atoms with van der Waals surface area (Å²) in [5.41, 5.74) is 0.0775. The summed E-state index contributed by atoms with van der Waals surface area (Å²) in [4.78, 5) is 10.7. The second kappa shape index (κ2) is 6.66. The lowest BCUT2D eigenvalue weighted by Gasteiger charge is -2.12. The Labute approximate surface area is 125 Å². The highest BCUT2D eigenvalue weighted by Gasteiger charge is 2.43. The third-order valence-corrected chi connectivity index (χ3v) is 5.00. The van der Waals surface area contributed by atoms with Gasteiger partial charge in [-0.25, -0.2) is 0 Å². The fourth-order valence-corrected chi connectivity index (χ4v) is 3.34. The first-order valence-corrected chi connectivity index (χ1v) is 8.22. The predicted octanol–water partition coefficient (Wildman–Crippen LogP) is 3.82. The summed E-state index contributed by atoms with van der Waals surface area (Å²) in [5, 5.41) is 8.83. The van der Waals surface area contributed by atoms with Crippen LogP contribution in [0, 0.1) is 5.41 Å². The van der Waals surface area contributed by atoms with E-state index in [4.69, 9.17) is 9.84 Å². The molecule has 1 N–H and O–H groups in total. The fraction of sp³-hybridized carbons (Fsp3) is 0.500. The van der Waals surface area contributed by atoms with Crippen LogP contribution in [0.2, 0.25) is 0 Å². The lowest BCUT2D eigenvalue weighted by Crippen LogP contribution is -2.12. The van der Waals surface area contributed by atoms with Crippen molar-refractivity contribution in [3.8, 4) is 5.75 Å². The van der Waals surface area contributed by atoms with Gasteiger partial charge in [-0.15, -0.1) is 0 Å². The molecule has 0 saturated heterocycles. The average Bonchev–Trinajstić information content (AvgIpc) is 3.10. The molecule has 1 aromatic carbocycles.